The van der Waals surface area contributed by atoms with E-state index >= 15 is 0 Å². The summed E-state index contributed by atoms with van der Waals surface area (Å²) < 4.78 is 22.9. The lowest BCUT2D eigenvalue weighted by Gasteiger charge is -2.12. The summed E-state index contributed by atoms with van der Waals surface area (Å²) in [5.74, 6) is 0. The summed E-state index contributed by atoms with van der Waals surface area (Å²) in [5, 5.41) is 10.4. The maximum Gasteiger partial charge on any atom is 0.175 e. The minimum Gasteiger partial charge on any atom is -0.387 e. The van der Waals surface area contributed by atoms with Crippen molar-refractivity contribution in [1.82, 2.24) is 4.90 Å². The number of aliphatic hydroxyl groups is 1. The van der Waals surface area contributed by atoms with Crippen molar-refractivity contribution < 1.29 is 13.5 Å². The Bertz CT molecular complexity index is 741. The fourth-order valence-corrected chi connectivity index (χ4v) is 3.26. The third-order valence-corrected chi connectivity index (χ3v) is 5.13. The van der Waals surface area contributed by atoms with Gasteiger partial charge in [-0.15, -0.1) is 0 Å². The first-order valence-electron chi connectivity index (χ1n) is 7.21. The molecule has 1 aliphatic heterocycles. The molecule has 0 radical (unpaired) electrons. The molecule has 4 nitrogen and oxygen atoms in total. The number of aliphatic hydroxyl groups excluding tert-OH is 1. The largest absolute Gasteiger partial charge is 0.387 e. The molecule has 3 atom stereocenters. The van der Waals surface area contributed by atoms with Crippen LogP contribution in [0.15, 0.2) is 59.5 Å². The minimum absolute atomic E-state index is 0.101. The second-order valence-electron chi connectivity index (χ2n) is 5.77. The lowest BCUT2D eigenvalue weighted by Crippen LogP contribution is -2.11. The van der Waals surface area contributed by atoms with Gasteiger partial charge in [0.25, 0.3) is 0 Å². The van der Waals surface area contributed by atoms with Crippen LogP contribution in [0.2, 0.25) is 0 Å². The zero-order valence-corrected chi connectivity index (χ0v) is 13.2. The topological polar surface area (TPSA) is 57.4 Å². The lowest BCUT2D eigenvalue weighted by atomic mass is 10.1. The smallest absolute Gasteiger partial charge is 0.175 e. The first-order chi connectivity index (χ1) is 10.4. The molecule has 2 aromatic rings. The van der Waals surface area contributed by atoms with Crippen LogP contribution in [-0.4, -0.2) is 37.3 Å². The van der Waals surface area contributed by atoms with Crippen molar-refractivity contribution in [3.05, 3.63) is 65.7 Å². The molecule has 1 heterocycles. The van der Waals surface area contributed by atoms with E-state index in [2.05, 4.69) is 17.0 Å². The predicted octanol–water partition coefficient (Wildman–Crippen LogP) is 2.01. The molecule has 0 spiro atoms. The Morgan fingerprint density at radius 3 is 2.36 bits per heavy atom. The van der Waals surface area contributed by atoms with Crippen molar-refractivity contribution in [1.29, 1.82) is 0 Å². The second-order valence-corrected chi connectivity index (χ2v) is 7.78. The summed E-state index contributed by atoms with van der Waals surface area (Å²) in [6.45, 7) is 1.67. The Labute approximate surface area is 130 Å². The average Bonchev–Trinajstić information content (AvgIpc) is 3.26. The van der Waals surface area contributed by atoms with Crippen LogP contribution in [0.3, 0.4) is 0 Å². The highest BCUT2D eigenvalue weighted by atomic mass is 32.2. The zero-order chi connectivity index (χ0) is 15.7. The first-order valence-corrected chi connectivity index (χ1v) is 9.10. The maximum absolute atomic E-state index is 11.4. The van der Waals surface area contributed by atoms with Crippen molar-refractivity contribution in [2.24, 2.45) is 0 Å². The second kappa shape index (κ2) is 5.83. The molecule has 2 unspecified atom stereocenters. The molecule has 1 aliphatic rings. The van der Waals surface area contributed by atoms with Crippen molar-refractivity contribution >= 4 is 9.84 Å². The van der Waals surface area contributed by atoms with Crippen LogP contribution in [0, 0.1) is 0 Å². The van der Waals surface area contributed by atoms with Crippen LogP contribution in [-0.2, 0) is 16.4 Å². The highest BCUT2D eigenvalue weighted by molar-refractivity contribution is 7.90. The number of rotatable bonds is 5. The van der Waals surface area contributed by atoms with Gasteiger partial charge in [-0.2, -0.15) is 0 Å². The predicted molar refractivity (Wildman–Crippen MR) is 85.2 cm³/mol. The highest BCUT2D eigenvalue weighted by Crippen LogP contribution is 2.33. The maximum atomic E-state index is 11.4. The Hall–Kier alpha value is -1.69. The molecule has 1 fully saturated rings. The number of nitrogens with zero attached hydrogens (tertiary/aromatic N) is 1. The fraction of sp³-hybridized carbons (Fsp3) is 0.294. The van der Waals surface area contributed by atoms with E-state index in [1.54, 1.807) is 24.3 Å². The summed E-state index contributed by atoms with van der Waals surface area (Å²) in [7, 11) is -3.19. The molecule has 5 heteroatoms. The third kappa shape index (κ3) is 3.38. The zero-order valence-electron chi connectivity index (χ0n) is 12.4. The lowest BCUT2D eigenvalue weighted by molar-refractivity contribution is 0.157. The van der Waals surface area contributed by atoms with E-state index in [1.165, 1.54) is 11.8 Å². The summed E-state index contributed by atoms with van der Waals surface area (Å²) >= 11 is 0. The summed E-state index contributed by atoms with van der Waals surface area (Å²) in [6.07, 6.45) is 0.596. The molecule has 22 heavy (non-hydrogen) atoms. The molecule has 3 rings (SSSR count). The van der Waals surface area contributed by atoms with Crippen LogP contribution in [0.5, 0.6) is 0 Å². The molecule has 1 N–H and O–H groups in total. The highest BCUT2D eigenvalue weighted by Gasteiger charge is 2.40. The fourth-order valence-electron chi connectivity index (χ4n) is 2.63. The van der Waals surface area contributed by atoms with Gasteiger partial charge in [0.05, 0.1) is 17.0 Å². The van der Waals surface area contributed by atoms with Crippen LogP contribution in [0.1, 0.15) is 17.2 Å². The van der Waals surface area contributed by atoms with Gasteiger partial charge in [0.2, 0.25) is 0 Å². The summed E-state index contributed by atoms with van der Waals surface area (Å²) in [6, 6.07) is 16.7. The van der Waals surface area contributed by atoms with Gasteiger partial charge in [-0.25, -0.2) is 8.42 Å². The monoisotopic (exact) mass is 317 g/mol. The molecule has 0 aromatic heterocycles. The van der Waals surface area contributed by atoms with Crippen molar-refractivity contribution in [3.63, 3.8) is 0 Å². The number of hydrogen-bond donors (Lipinski definition) is 1. The van der Waals surface area contributed by atoms with Crippen LogP contribution < -0.4 is 0 Å². The van der Waals surface area contributed by atoms with Crippen molar-refractivity contribution in [2.45, 2.75) is 23.6 Å². The van der Waals surface area contributed by atoms with Gasteiger partial charge in [0, 0.05) is 19.3 Å². The van der Waals surface area contributed by atoms with Crippen LogP contribution in [0.25, 0.3) is 0 Å². The van der Waals surface area contributed by atoms with Crippen molar-refractivity contribution in [3.8, 4) is 0 Å². The van der Waals surface area contributed by atoms with Gasteiger partial charge in [-0.05, 0) is 23.3 Å². The van der Waals surface area contributed by atoms with Crippen LogP contribution >= 0.6 is 0 Å². The van der Waals surface area contributed by atoms with Gasteiger partial charge in [0.15, 0.2) is 9.84 Å². The SMILES string of the molecule is CS(=O)(=O)c1ccc([C@@H](O)C2CN2Cc2ccccc2)cc1. The molecule has 0 aliphatic carbocycles. The van der Waals surface area contributed by atoms with E-state index in [-0.39, 0.29) is 10.9 Å². The van der Waals surface area contributed by atoms with Gasteiger partial charge in [-0.1, -0.05) is 42.5 Å². The van der Waals surface area contributed by atoms with E-state index in [0.717, 1.165) is 18.7 Å². The number of benzene rings is 2. The van der Waals surface area contributed by atoms with Gasteiger partial charge < -0.3 is 5.11 Å². The van der Waals surface area contributed by atoms with E-state index < -0.39 is 15.9 Å². The minimum atomic E-state index is -3.19. The average molecular weight is 317 g/mol. The van der Waals surface area contributed by atoms with Gasteiger partial charge in [0.1, 0.15) is 0 Å². The Kier molecular flexibility index (Phi) is 4.04. The molecule has 0 saturated carbocycles. The Balaban J connectivity index is 1.64. The molecular weight excluding hydrogens is 298 g/mol. The van der Waals surface area contributed by atoms with E-state index in [0.29, 0.717) is 0 Å². The third-order valence-electron chi connectivity index (χ3n) is 4.00. The summed E-state index contributed by atoms with van der Waals surface area (Å²) in [5.41, 5.74) is 1.98. The van der Waals surface area contributed by atoms with Crippen LogP contribution in [0.4, 0.5) is 0 Å². The first kappa shape index (κ1) is 15.2. The van der Waals surface area contributed by atoms with Crippen molar-refractivity contribution in [2.75, 3.05) is 12.8 Å². The van der Waals surface area contributed by atoms with E-state index in [1.807, 2.05) is 18.2 Å². The summed E-state index contributed by atoms with van der Waals surface area (Å²) in [4.78, 5) is 2.48. The molecular formula is C17H19NO3S. The molecule has 2 aromatic carbocycles. The standard InChI is InChI=1S/C17H19NO3S/c1-22(20,21)15-9-7-14(8-10-15)17(19)16-12-18(16)11-13-5-3-2-4-6-13/h2-10,16-17,19H,11-12H2,1H3/t16?,17-,18?/m1/s1. The Morgan fingerprint density at radius 2 is 1.77 bits per heavy atom. The van der Waals surface area contributed by atoms with Gasteiger partial charge >= 0.3 is 0 Å². The quantitative estimate of drug-likeness (QED) is 0.857. The number of hydrogen-bond acceptors (Lipinski definition) is 4. The van der Waals surface area contributed by atoms with E-state index in [4.69, 9.17) is 0 Å². The molecule has 116 valence electrons. The van der Waals surface area contributed by atoms with Gasteiger partial charge in [-0.3, -0.25) is 4.90 Å². The molecule has 0 bridgehead atoms. The Morgan fingerprint density at radius 1 is 1.14 bits per heavy atom. The molecule has 1 saturated heterocycles. The molecule has 0 amide bonds. The number of sulfone groups is 1. The normalized spacial score (nSPS) is 22.3. The van der Waals surface area contributed by atoms with E-state index in [9.17, 15) is 13.5 Å².